The largest absolute Gasteiger partial charge is 0.337 e. The Balaban J connectivity index is 1.15. The first kappa shape index (κ1) is 21.1. The van der Waals surface area contributed by atoms with Crippen molar-refractivity contribution in [2.75, 3.05) is 24.5 Å². The third kappa shape index (κ3) is 3.90. The average molecular weight is 454 g/mol. The highest BCUT2D eigenvalue weighted by molar-refractivity contribution is 5.95. The van der Waals surface area contributed by atoms with Crippen LogP contribution in [0.1, 0.15) is 34.3 Å². The van der Waals surface area contributed by atoms with E-state index in [1.54, 1.807) is 0 Å². The van der Waals surface area contributed by atoms with Gasteiger partial charge in [-0.2, -0.15) is 0 Å². The third-order valence-corrected chi connectivity index (χ3v) is 7.35. The number of amides is 1. The molecular weight excluding hydrogens is 425 g/mol. The molecule has 3 aliphatic heterocycles. The van der Waals surface area contributed by atoms with E-state index < -0.39 is 0 Å². The molecule has 2 atom stereocenters. The molecular formula is C29H28FN3O. The molecule has 2 bridgehead atoms. The van der Waals surface area contributed by atoms with E-state index in [2.05, 4.69) is 63.2 Å². The van der Waals surface area contributed by atoms with Crippen molar-refractivity contribution in [2.24, 2.45) is 0 Å². The topological polar surface area (TPSA) is 26.8 Å². The van der Waals surface area contributed by atoms with E-state index in [-0.39, 0.29) is 23.8 Å². The van der Waals surface area contributed by atoms with Crippen molar-refractivity contribution in [3.63, 3.8) is 0 Å². The van der Waals surface area contributed by atoms with Crippen LogP contribution in [0.25, 0.3) is 6.08 Å². The zero-order valence-corrected chi connectivity index (χ0v) is 19.1. The predicted molar refractivity (Wildman–Crippen MR) is 134 cm³/mol. The molecule has 0 spiro atoms. The van der Waals surface area contributed by atoms with Gasteiger partial charge >= 0.3 is 0 Å². The highest BCUT2D eigenvalue weighted by Crippen LogP contribution is 2.34. The lowest BCUT2D eigenvalue weighted by molar-refractivity contribution is 0.0405. The maximum absolute atomic E-state index is 13.5. The third-order valence-electron chi connectivity index (χ3n) is 7.35. The van der Waals surface area contributed by atoms with Crippen LogP contribution in [0.4, 0.5) is 15.8 Å². The van der Waals surface area contributed by atoms with Crippen LogP contribution in [0, 0.1) is 5.82 Å². The maximum atomic E-state index is 13.5. The Morgan fingerprint density at radius 3 is 2.32 bits per heavy atom. The van der Waals surface area contributed by atoms with E-state index in [1.807, 2.05) is 24.3 Å². The number of benzene rings is 3. The van der Waals surface area contributed by atoms with Crippen LogP contribution in [0.3, 0.4) is 0 Å². The molecule has 2 unspecified atom stereocenters. The molecule has 0 aliphatic carbocycles. The smallest absolute Gasteiger partial charge is 0.254 e. The van der Waals surface area contributed by atoms with Crippen molar-refractivity contribution in [2.45, 2.75) is 31.5 Å². The lowest BCUT2D eigenvalue weighted by Gasteiger charge is -2.41. The molecule has 3 aromatic carbocycles. The number of carbonyl (C=O) groups excluding carboxylic acids is 1. The number of para-hydroxylation sites is 1. The Kier molecular flexibility index (Phi) is 5.42. The molecule has 34 heavy (non-hydrogen) atoms. The Morgan fingerprint density at radius 1 is 0.882 bits per heavy atom. The van der Waals surface area contributed by atoms with Crippen molar-refractivity contribution in [3.05, 3.63) is 101 Å². The molecule has 0 radical (unpaired) electrons. The first-order chi connectivity index (χ1) is 16.7. The van der Waals surface area contributed by atoms with Crippen molar-refractivity contribution in [3.8, 4) is 0 Å². The number of rotatable bonds is 4. The number of hydrogen-bond donors (Lipinski definition) is 0. The van der Waals surface area contributed by atoms with Gasteiger partial charge in [0, 0.05) is 55.2 Å². The first-order valence-corrected chi connectivity index (χ1v) is 12.1. The summed E-state index contributed by atoms with van der Waals surface area (Å²) in [6, 6.07) is 23.7. The van der Waals surface area contributed by atoms with E-state index in [4.69, 9.17) is 0 Å². The van der Waals surface area contributed by atoms with Crippen LogP contribution < -0.4 is 4.90 Å². The number of nitrogens with zero attached hydrogens (tertiary/aromatic N) is 3. The molecule has 172 valence electrons. The van der Waals surface area contributed by atoms with Gasteiger partial charge in [0.1, 0.15) is 5.82 Å². The van der Waals surface area contributed by atoms with Crippen LogP contribution in [-0.2, 0) is 6.54 Å². The van der Waals surface area contributed by atoms with E-state index in [9.17, 15) is 9.18 Å². The number of likely N-dealkylation sites (tertiary alicyclic amines) is 1. The predicted octanol–water partition coefficient (Wildman–Crippen LogP) is 5.48. The number of anilines is 2. The van der Waals surface area contributed by atoms with E-state index in [1.165, 1.54) is 23.4 Å². The quantitative estimate of drug-likeness (QED) is 0.523. The summed E-state index contributed by atoms with van der Waals surface area (Å²) in [6.07, 6.45) is 6.43. The van der Waals surface area contributed by atoms with Gasteiger partial charge in [0.2, 0.25) is 0 Å². The number of halogens is 1. The van der Waals surface area contributed by atoms with Gasteiger partial charge in [-0.25, -0.2) is 4.39 Å². The van der Waals surface area contributed by atoms with Gasteiger partial charge in [-0.05, 0) is 66.4 Å². The monoisotopic (exact) mass is 453 g/mol. The average Bonchev–Trinajstić information content (AvgIpc) is 3.14. The van der Waals surface area contributed by atoms with Gasteiger partial charge in [-0.3, -0.25) is 9.69 Å². The van der Waals surface area contributed by atoms with Crippen LogP contribution in [0.15, 0.2) is 78.9 Å². The molecule has 0 N–H and O–H groups in total. The van der Waals surface area contributed by atoms with E-state index in [0.717, 1.165) is 55.8 Å². The second-order valence-corrected chi connectivity index (χ2v) is 9.54. The number of piperazine rings is 1. The lowest BCUT2D eigenvalue weighted by atomic mass is 10.1. The molecule has 5 heteroatoms. The van der Waals surface area contributed by atoms with Crippen molar-refractivity contribution in [1.29, 1.82) is 0 Å². The summed E-state index contributed by atoms with van der Waals surface area (Å²) >= 11 is 0. The molecule has 1 amide bonds. The number of carbonyl (C=O) groups is 1. The van der Waals surface area contributed by atoms with E-state index >= 15 is 0 Å². The summed E-state index contributed by atoms with van der Waals surface area (Å²) in [7, 11) is 0. The summed E-state index contributed by atoms with van der Waals surface area (Å²) in [5.41, 5.74) is 5.38. The molecule has 0 saturated carbocycles. The van der Waals surface area contributed by atoms with Gasteiger partial charge in [-0.15, -0.1) is 0 Å². The summed E-state index contributed by atoms with van der Waals surface area (Å²) in [4.78, 5) is 20.3. The fourth-order valence-electron chi connectivity index (χ4n) is 5.73. The first-order valence-electron chi connectivity index (χ1n) is 12.1. The van der Waals surface area contributed by atoms with Crippen LogP contribution in [0.5, 0.6) is 0 Å². The Hall–Kier alpha value is -3.44. The fourth-order valence-corrected chi connectivity index (χ4v) is 5.73. The number of fused-ring (bicyclic) bond motifs is 3. The van der Waals surface area contributed by atoms with Gasteiger partial charge in [0.05, 0.1) is 0 Å². The normalized spacial score (nSPS) is 21.6. The highest BCUT2D eigenvalue weighted by Gasteiger charge is 2.42. The summed E-state index contributed by atoms with van der Waals surface area (Å²) < 4.78 is 13.2. The van der Waals surface area contributed by atoms with Crippen molar-refractivity contribution < 1.29 is 9.18 Å². The van der Waals surface area contributed by atoms with Gasteiger partial charge in [-0.1, -0.05) is 42.5 Å². The minimum Gasteiger partial charge on any atom is -0.337 e. The van der Waals surface area contributed by atoms with Gasteiger partial charge in [0.25, 0.3) is 5.91 Å². The standard InChI is InChI=1S/C29H28FN3O/c30-24-11-7-21(8-12-24)18-31-19-26-15-16-27(20-31)33(26)29(34)23-9-13-25(14-10-23)32-17-3-5-22-4-1-2-6-28(22)32/h1-14,26-27H,15-20H2. The minimum atomic E-state index is -0.203. The summed E-state index contributed by atoms with van der Waals surface area (Å²) in [5.74, 6) is -0.0642. The van der Waals surface area contributed by atoms with E-state index in [0.29, 0.717) is 0 Å². The zero-order chi connectivity index (χ0) is 23.1. The molecule has 0 aromatic heterocycles. The summed E-state index contributed by atoms with van der Waals surface area (Å²) in [6.45, 7) is 3.36. The molecule has 2 fully saturated rings. The zero-order valence-electron chi connectivity index (χ0n) is 19.1. The summed E-state index contributed by atoms with van der Waals surface area (Å²) in [5, 5.41) is 0. The molecule has 2 saturated heterocycles. The molecule has 3 aromatic rings. The van der Waals surface area contributed by atoms with Crippen LogP contribution in [0.2, 0.25) is 0 Å². The lowest BCUT2D eigenvalue weighted by Crippen LogP contribution is -2.55. The van der Waals surface area contributed by atoms with Gasteiger partial charge in [0.15, 0.2) is 0 Å². The second-order valence-electron chi connectivity index (χ2n) is 9.54. The maximum Gasteiger partial charge on any atom is 0.254 e. The SMILES string of the molecule is O=C(c1ccc(N2CC=Cc3ccccc32)cc1)N1C2CCC1CN(Cc1ccc(F)cc1)C2. The van der Waals surface area contributed by atoms with Crippen LogP contribution in [-0.4, -0.2) is 47.4 Å². The minimum absolute atomic E-state index is 0.138. The second kappa shape index (κ2) is 8.73. The number of hydrogen-bond acceptors (Lipinski definition) is 3. The highest BCUT2D eigenvalue weighted by atomic mass is 19.1. The van der Waals surface area contributed by atoms with Gasteiger partial charge < -0.3 is 9.80 Å². The molecule has 3 aliphatic rings. The fraction of sp³-hybridized carbons (Fsp3) is 0.276. The Morgan fingerprint density at radius 2 is 1.59 bits per heavy atom. The Labute approximate surface area is 199 Å². The van der Waals surface area contributed by atoms with Crippen molar-refractivity contribution >= 4 is 23.4 Å². The Bertz CT molecular complexity index is 1210. The molecule has 6 rings (SSSR count). The van der Waals surface area contributed by atoms with Crippen LogP contribution >= 0.6 is 0 Å². The molecule has 4 nitrogen and oxygen atoms in total. The van der Waals surface area contributed by atoms with Crippen molar-refractivity contribution in [1.82, 2.24) is 9.80 Å². The molecule has 3 heterocycles.